The van der Waals surface area contributed by atoms with Crippen LogP contribution in [0.15, 0.2) is 73.1 Å². The minimum Gasteiger partial charge on any atom is -0.340 e. The van der Waals surface area contributed by atoms with E-state index in [0.29, 0.717) is 0 Å². The van der Waals surface area contributed by atoms with Crippen LogP contribution in [0.5, 0.6) is 0 Å². The molecule has 0 spiro atoms. The van der Waals surface area contributed by atoms with Crippen LogP contribution >= 0.6 is 0 Å². The van der Waals surface area contributed by atoms with Gasteiger partial charge >= 0.3 is 0 Å². The summed E-state index contributed by atoms with van der Waals surface area (Å²) in [5.74, 6) is 1.35. The standard InChI is InChI=1S/C27H27N5O/c1-31-12-13-32(27(33)22-15-21(22)23-8-4-5-11-28-23)25(17-31)26-29-16-24(30-26)20-10-9-18-6-2-3-7-19(18)14-20/h2-11,14,16,21-22,25H,12-13,15,17H2,1H3,(H,29,30). The number of H-pyrrole nitrogens is 1. The van der Waals surface area contributed by atoms with Gasteiger partial charge < -0.3 is 14.8 Å². The first-order valence-electron chi connectivity index (χ1n) is 11.6. The summed E-state index contributed by atoms with van der Waals surface area (Å²) in [6.07, 6.45) is 4.59. The highest BCUT2D eigenvalue weighted by Crippen LogP contribution is 2.48. The number of fused-ring (bicyclic) bond motifs is 1. The zero-order valence-electron chi connectivity index (χ0n) is 18.7. The van der Waals surface area contributed by atoms with E-state index in [4.69, 9.17) is 4.98 Å². The van der Waals surface area contributed by atoms with Gasteiger partial charge in [-0.1, -0.05) is 42.5 Å². The van der Waals surface area contributed by atoms with Crippen LogP contribution < -0.4 is 0 Å². The summed E-state index contributed by atoms with van der Waals surface area (Å²) in [6, 6.07) is 20.7. The van der Waals surface area contributed by atoms with Crippen molar-refractivity contribution in [3.8, 4) is 11.3 Å². The molecule has 6 rings (SSSR count). The molecule has 3 atom stereocenters. The van der Waals surface area contributed by atoms with E-state index in [1.54, 1.807) is 0 Å². The van der Waals surface area contributed by atoms with Gasteiger partial charge in [0.15, 0.2) is 0 Å². The molecule has 1 saturated heterocycles. The number of likely N-dealkylation sites (N-methyl/N-ethyl adjacent to an activating group) is 1. The number of hydrogen-bond donors (Lipinski definition) is 1. The van der Waals surface area contributed by atoms with Gasteiger partial charge in [-0.15, -0.1) is 0 Å². The second-order valence-corrected chi connectivity index (χ2v) is 9.26. The van der Waals surface area contributed by atoms with Crippen LogP contribution in [-0.2, 0) is 4.79 Å². The Morgan fingerprint density at radius 1 is 1.00 bits per heavy atom. The lowest BCUT2D eigenvalue weighted by atomic mass is 10.1. The van der Waals surface area contributed by atoms with Crippen molar-refractivity contribution >= 4 is 16.7 Å². The number of pyridine rings is 1. The lowest BCUT2D eigenvalue weighted by Crippen LogP contribution is -2.50. The fraction of sp³-hybridized carbons (Fsp3) is 0.296. The van der Waals surface area contributed by atoms with Crippen molar-refractivity contribution in [2.75, 3.05) is 26.7 Å². The van der Waals surface area contributed by atoms with Gasteiger partial charge in [-0.05, 0) is 42.4 Å². The maximum Gasteiger partial charge on any atom is 0.227 e. The van der Waals surface area contributed by atoms with Gasteiger partial charge in [-0.2, -0.15) is 0 Å². The summed E-state index contributed by atoms with van der Waals surface area (Å²) >= 11 is 0. The molecule has 2 fully saturated rings. The van der Waals surface area contributed by atoms with Gasteiger partial charge in [0, 0.05) is 48.9 Å². The van der Waals surface area contributed by atoms with Crippen LogP contribution in [0, 0.1) is 5.92 Å². The Balaban J connectivity index is 1.25. The third-order valence-corrected chi connectivity index (χ3v) is 7.01. The predicted molar refractivity (Wildman–Crippen MR) is 129 cm³/mol. The summed E-state index contributed by atoms with van der Waals surface area (Å²) in [7, 11) is 2.11. The molecule has 3 unspecified atom stereocenters. The zero-order valence-corrected chi connectivity index (χ0v) is 18.7. The molecule has 1 saturated carbocycles. The molecule has 3 heterocycles. The average Bonchev–Trinajstić information content (AvgIpc) is 3.51. The molecular weight excluding hydrogens is 410 g/mol. The molecule has 6 nitrogen and oxygen atoms in total. The minimum atomic E-state index is -0.0737. The summed E-state index contributed by atoms with van der Waals surface area (Å²) < 4.78 is 0. The van der Waals surface area contributed by atoms with Crippen molar-refractivity contribution in [1.82, 2.24) is 24.8 Å². The molecule has 0 bridgehead atoms. The Morgan fingerprint density at radius 3 is 2.70 bits per heavy atom. The summed E-state index contributed by atoms with van der Waals surface area (Å²) in [5.41, 5.74) is 3.11. The van der Waals surface area contributed by atoms with Crippen LogP contribution in [0.1, 0.15) is 29.9 Å². The molecule has 1 aliphatic carbocycles. The van der Waals surface area contributed by atoms with Gasteiger partial charge in [0.2, 0.25) is 5.91 Å². The van der Waals surface area contributed by atoms with Gasteiger partial charge in [0.1, 0.15) is 11.9 Å². The van der Waals surface area contributed by atoms with Crippen molar-refractivity contribution in [2.24, 2.45) is 5.92 Å². The fourth-order valence-corrected chi connectivity index (χ4v) is 5.03. The SMILES string of the molecule is CN1CCN(C(=O)C2CC2c2ccccn2)C(c2ncc(-c3ccc4ccccc4c3)[nH]2)C1. The lowest BCUT2D eigenvalue weighted by molar-refractivity contribution is -0.137. The predicted octanol–water partition coefficient (Wildman–Crippen LogP) is 4.24. The summed E-state index contributed by atoms with van der Waals surface area (Å²) in [6.45, 7) is 2.37. The quantitative estimate of drug-likeness (QED) is 0.519. The molecule has 4 aromatic rings. The Hall–Kier alpha value is -3.51. The Kier molecular flexibility index (Phi) is 4.95. The molecule has 33 heavy (non-hydrogen) atoms. The number of nitrogens with one attached hydrogen (secondary N) is 1. The van der Waals surface area contributed by atoms with Gasteiger partial charge in [-0.25, -0.2) is 4.98 Å². The number of carbonyl (C=O) groups excluding carboxylic acids is 1. The molecule has 1 amide bonds. The van der Waals surface area contributed by atoms with Crippen LogP contribution in [0.2, 0.25) is 0 Å². The molecule has 1 N–H and O–H groups in total. The first-order valence-corrected chi connectivity index (χ1v) is 11.6. The summed E-state index contributed by atoms with van der Waals surface area (Å²) in [5, 5.41) is 2.42. The number of nitrogens with zero attached hydrogens (tertiary/aromatic N) is 4. The van der Waals surface area contributed by atoms with Crippen LogP contribution in [0.25, 0.3) is 22.0 Å². The highest BCUT2D eigenvalue weighted by atomic mass is 16.2. The minimum absolute atomic E-state index is 0.0285. The lowest BCUT2D eigenvalue weighted by Gasteiger charge is -2.39. The van der Waals surface area contributed by atoms with E-state index in [1.165, 1.54) is 10.8 Å². The van der Waals surface area contributed by atoms with Gasteiger partial charge in [-0.3, -0.25) is 9.78 Å². The van der Waals surface area contributed by atoms with Crippen molar-refractivity contribution in [2.45, 2.75) is 18.4 Å². The second kappa shape index (κ2) is 8.12. The van der Waals surface area contributed by atoms with Crippen LogP contribution in [0.4, 0.5) is 0 Å². The zero-order chi connectivity index (χ0) is 22.4. The van der Waals surface area contributed by atoms with Crippen molar-refractivity contribution in [3.05, 3.63) is 84.6 Å². The van der Waals surface area contributed by atoms with E-state index < -0.39 is 0 Å². The van der Waals surface area contributed by atoms with Gasteiger partial charge in [0.05, 0.1) is 11.9 Å². The Labute approximate surface area is 193 Å². The fourth-order valence-electron chi connectivity index (χ4n) is 5.03. The van der Waals surface area contributed by atoms with Crippen molar-refractivity contribution in [1.29, 1.82) is 0 Å². The number of benzene rings is 2. The molecule has 2 aliphatic rings. The number of aromatic amines is 1. The first kappa shape index (κ1) is 20.1. The molecule has 2 aromatic heterocycles. The average molecular weight is 438 g/mol. The van der Waals surface area contributed by atoms with Gasteiger partial charge in [0.25, 0.3) is 0 Å². The molecule has 2 aromatic carbocycles. The number of carbonyl (C=O) groups is 1. The molecule has 0 radical (unpaired) electrons. The third kappa shape index (κ3) is 3.80. The van der Waals surface area contributed by atoms with E-state index in [-0.39, 0.29) is 23.8 Å². The Morgan fingerprint density at radius 2 is 1.85 bits per heavy atom. The largest absolute Gasteiger partial charge is 0.340 e. The number of amides is 1. The maximum atomic E-state index is 13.5. The Bertz CT molecular complexity index is 1300. The van der Waals surface area contributed by atoms with E-state index in [1.807, 2.05) is 35.5 Å². The molecule has 6 heteroatoms. The van der Waals surface area contributed by atoms with E-state index in [9.17, 15) is 4.79 Å². The van der Waals surface area contributed by atoms with Crippen molar-refractivity contribution in [3.63, 3.8) is 0 Å². The van der Waals surface area contributed by atoms with Crippen molar-refractivity contribution < 1.29 is 4.79 Å². The molecule has 1 aliphatic heterocycles. The highest BCUT2D eigenvalue weighted by molar-refractivity contribution is 5.87. The maximum absolute atomic E-state index is 13.5. The number of hydrogen-bond acceptors (Lipinski definition) is 4. The summed E-state index contributed by atoms with van der Waals surface area (Å²) in [4.78, 5) is 30.5. The molecular formula is C27H27N5O. The highest BCUT2D eigenvalue weighted by Gasteiger charge is 2.48. The third-order valence-electron chi connectivity index (χ3n) is 7.01. The number of rotatable bonds is 4. The number of piperazine rings is 1. The smallest absolute Gasteiger partial charge is 0.227 e. The number of imidazole rings is 1. The van der Waals surface area contributed by atoms with Crippen LogP contribution in [0.3, 0.4) is 0 Å². The second-order valence-electron chi connectivity index (χ2n) is 9.26. The molecule has 166 valence electrons. The topological polar surface area (TPSA) is 65.1 Å². The van der Waals surface area contributed by atoms with E-state index >= 15 is 0 Å². The number of aromatic nitrogens is 3. The van der Waals surface area contributed by atoms with E-state index in [2.05, 4.69) is 64.4 Å². The first-order chi connectivity index (χ1) is 16.2. The monoisotopic (exact) mass is 437 g/mol. The van der Waals surface area contributed by atoms with Crippen LogP contribution in [-0.4, -0.2) is 57.3 Å². The normalized spacial score (nSPS) is 23.1. The van der Waals surface area contributed by atoms with E-state index in [0.717, 1.165) is 48.8 Å².